The minimum atomic E-state index is -0.927. The molecule has 0 aliphatic heterocycles. The van der Waals surface area contributed by atoms with E-state index in [1.165, 1.54) is 0 Å². The van der Waals surface area contributed by atoms with Gasteiger partial charge in [0.2, 0.25) is 5.82 Å². The predicted octanol–water partition coefficient (Wildman–Crippen LogP) is 2.64. The smallest absolute Gasteiger partial charge is 0.317 e. The van der Waals surface area contributed by atoms with Gasteiger partial charge in [-0.3, -0.25) is 0 Å². The number of ether oxygens (including phenoxy) is 2. The zero-order chi connectivity index (χ0) is 21.8. The van der Waals surface area contributed by atoms with E-state index in [0.29, 0.717) is 17.3 Å². The Kier molecular flexibility index (Phi) is 6.63. The zero-order valence-corrected chi connectivity index (χ0v) is 17.7. The van der Waals surface area contributed by atoms with Gasteiger partial charge in [0.1, 0.15) is 24.2 Å². The molecule has 1 unspecified atom stereocenters. The molecule has 1 atom stereocenters. The van der Waals surface area contributed by atoms with Gasteiger partial charge in [-0.25, -0.2) is 4.98 Å². The fourth-order valence-electron chi connectivity index (χ4n) is 2.90. The molecule has 0 spiro atoms. The molecule has 9 nitrogen and oxygen atoms in total. The Balaban J connectivity index is 1.87. The first kappa shape index (κ1) is 21.7. The molecule has 0 aliphatic carbocycles. The second-order valence-electron chi connectivity index (χ2n) is 7.35. The van der Waals surface area contributed by atoms with E-state index in [-0.39, 0.29) is 31.2 Å². The van der Waals surface area contributed by atoms with Crippen LogP contribution in [0.2, 0.25) is 0 Å². The van der Waals surface area contributed by atoms with E-state index in [9.17, 15) is 5.11 Å². The third-order valence-electron chi connectivity index (χ3n) is 4.17. The lowest BCUT2D eigenvalue weighted by atomic mass is 10.1. The predicted molar refractivity (Wildman–Crippen MR) is 109 cm³/mol. The molecule has 0 aliphatic rings. The number of rotatable bonds is 8. The fraction of sp³-hybridized carbons (Fsp3) is 0.429. The SMILES string of the molecule is Cc1cc(-c2nc(-c3cc(C)c(OCC(O)CO)c(C)c3)no2)nc(OC(C)C)n1. The van der Waals surface area contributed by atoms with E-state index < -0.39 is 6.10 Å². The summed E-state index contributed by atoms with van der Waals surface area (Å²) in [5.41, 5.74) is 3.69. The number of aliphatic hydroxyl groups excluding tert-OH is 2. The molecule has 0 bridgehead atoms. The van der Waals surface area contributed by atoms with Crippen LogP contribution in [0.1, 0.15) is 30.7 Å². The second kappa shape index (κ2) is 9.19. The average molecular weight is 414 g/mol. The Bertz CT molecular complexity index is 995. The van der Waals surface area contributed by atoms with Gasteiger partial charge in [0, 0.05) is 11.3 Å². The fourth-order valence-corrected chi connectivity index (χ4v) is 2.90. The van der Waals surface area contributed by atoms with Crippen molar-refractivity contribution in [1.29, 1.82) is 0 Å². The molecule has 0 amide bonds. The van der Waals surface area contributed by atoms with Gasteiger partial charge in [-0.2, -0.15) is 9.97 Å². The minimum Gasteiger partial charge on any atom is -0.490 e. The maximum atomic E-state index is 9.51. The lowest BCUT2D eigenvalue weighted by Crippen LogP contribution is -2.21. The maximum absolute atomic E-state index is 9.51. The summed E-state index contributed by atoms with van der Waals surface area (Å²) >= 11 is 0. The van der Waals surface area contributed by atoms with Crippen LogP contribution >= 0.6 is 0 Å². The average Bonchev–Trinajstić information content (AvgIpc) is 3.16. The summed E-state index contributed by atoms with van der Waals surface area (Å²) in [5, 5.41) is 22.5. The Hall–Kier alpha value is -3.04. The topological polar surface area (TPSA) is 124 Å². The van der Waals surface area contributed by atoms with Crippen molar-refractivity contribution >= 4 is 0 Å². The first-order valence-electron chi connectivity index (χ1n) is 9.66. The summed E-state index contributed by atoms with van der Waals surface area (Å²) in [7, 11) is 0. The van der Waals surface area contributed by atoms with E-state index in [2.05, 4.69) is 20.1 Å². The monoisotopic (exact) mass is 414 g/mol. The standard InChI is InChI=1S/C21H26N4O5/c1-11(2)29-21-22-14(5)8-17(23-21)20-24-19(25-30-20)15-6-12(3)18(13(4)7-15)28-10-16(27)9-26/h6-8,11,16,26-27H,9-10H2,1-5H3. The van der Waals surface area contributed by atoms with Gasteiger partial charge in [-0.05, 0) is 63.9 Å². The number of nitrogens with zero attached hydrogens (tertiary/aromatic N) is 4. The van der Waals surface area contributed by atoms with Crippen molar-refractivity contribution in [3.63, 3.8) is 0 Å². The summed E-state index contributed by atoms with van der Waals surface area (Å²) in [4.78, 5) is 13.1. The van der Waals surface area contributed by atoms with Crippen LogP contribution in [0.4, 0.5) is 0 Å². The van der Waals surface area contributed by atoms with E-state index >= 15 is 0 Å². The molecule has 3 aromatic rings. The highest BCUT2D eigenvalue weighted by molar-refractivity contribution is 5.62. The van der Waals surface area contributed by atoms with Crippen molar-refractivity contribution < 1.29 is 24.2 Å². The van der Waals surface area contributed by atoms with Gasteiger partial charge in [0.15, 0.2) is 0 Å². The molecule has 9 heteroatoms. The van der Waals surface area contributed by atoms with Crippen molar-refractivity contribution in [2.75, 3.05) is 13.2 Å². The van der Waals surface area contributed by atoms with E-state index in [0.717, 1.165) is 22.4 Å². The number of hydrogen-bond donors (Lipinski definition) is 2. The van der Waals surface area contributed by atoms with Gasteiger partial charge < -0.3 is 24.2 Å². The summed E-state index contributed by atoms with van der Waals surface area (Å²) in [6, 6.07) is 5.77. The van der Waals surface area contributed by atoms with Crippen LogP contribution < -0.4 is 9.47 Å². The van der Waals surface area contributed by atoms with Crippen LogP contribution in [0.15, 0.2) is 22.7 Å². The van der Waals surface area contributed by atoms with Crippen LogP contribution in [0, 0.1) is 20.8 Å². The van der Waals surface area contributed by atoms with Crippen molar-refractivity contribution in [1.82, 2.24) is 20.1 Å². The number of hydrogen-bond acceptors (Lipinski definition) is 9. The number of benzene rings is 1. The first-order chi connectivity index (χ1) is 14.3. The van der Waals surface area contributed by atoms with Gasteiger partial charge in [-0.15, -0.1) is 0 Å². The highest BCUT2D eigenvalue weighted by Gasteiger charge is 2.17. The molecule has 0 radical (unpaired) electrons. The Labute approximate surface area is 174 Å². The minimum absolute atomic E-state index is 0.0116. The van der Waals surface area contributed by atoms with Gasteiger partial charge in [0.05, 0.1) is 12.7 Å². The summed E-state index contributed by atoms with van der Waals surface area (Å²) < 4.78 is 16.6. The molecule has 0 saturated heterocycles. The zero-order valence-electron chi connectivity index (χ0n) is 17.7. The molecule has 1 aromatic carbocycles. The highest BCUT2D eigenvalue weighted by atomic mass is 16.5. The third-order valence-corrected chi connectivity index (χ3v) is 4.17. The van der Waals surface area contributed by atoms with Gasteiger partial charge >= 0.3 is 6.01 Å². The van der Waals surface area contributed by atoms with Crippen molar-refractivity contribution in [3.8, 4) is 34.7 Å². The lowest BCUT2D eigenvalue weighted by molar-refractivity contribution is 0.0532. The van der Waals surface area contributed by atoms with E-state index in [1.807, 2.05) is 46.8 Å². The van der Waals surface area contributed by atoms with Crippen LogP contribution in [-0.4, -0.2) is 55.7 Å². The Morgan fingerprint density at radius 3 is 2.37 bits per heavy atom. The Morgan fingerprint density at radius 1 is 1.03 bits per heavy atom. The molecule has 2 N–H and O–H groups in total. The normalized spacial score (nSPS) is 12.3. The largest absolute Gasteiger partial charge is 0.490 e. The van der Waals surface area contributed by atoms with E-state index in [1.54, 1.807) is 6.07 Å². The number of aliphatic hydroxyl groups is 2. The maximum Gasteiger partial charge on any atom is 0.317 e. The molecule has 0 saturated carbocycles. The van der Waals surface area contributed by atoms with Crippen molar-refractivity contribution in [2.24, 2.45) is 0 Å². The van der Waals surface area contributed by atoms with Gasteiger partial charge in [-0.1, -0.05) is 5.16 Å². The quantitative estimate of drug-likeness (QED) is 0.572. The highest BCUT2D eigenvalue weighted by Crippen LogP contribution is 2.30. The molecule has 2 aromatic heterocycles. The molecule has 0 fully saturated rings. The summed E-state index contributed by atoms with van der Waals surface area (Å²) in [5.74, 6) is 1.34. The third kappa shape index (κ3) is 5.11. The van der Waals surface area contributed by atoms with Crippen LogP contribution in [-0.2, 0) is 0 Å². The molecular formula is C21H26N4O5. The molecular weight excluding hydrogens is 388 g/mol. The van der Waals surface area contributed by atoms with E-state index in [4.69, 9.17) is 19.1 Å². The molecule has 2 heterocycles. The molecule has 3 rings (SSSR count). The van der Waals surface area contributed by atoms with Gasteiger partial charge in [0.25, 0.3) is 5.89 Å². The lowest BCUT2D eigenvalue weighted by Gasteiger charge is -2.15. The number of aromatic nitrogens is 4. The number of aryl methyl sites for hydroxylation is 3. The molecule has 30 heavy (non-hydrogen) atoms. The molecule has 160 valence electrons. The van der Waals surface area contributed by atoms with Crippen molar-refractivity contribution in [3.05, 3.63) is 35.0 Å². The summed E-state index contributed by atoms with van der Waals surface area (Å²) in [6.07, 6.45) is -0.979. The van der Waals surface area contributed by atoms with Crippen LogP contribution in [0.25, 0.3) is 23.0 Å². The summed E-state index contributed by atoms with van der Waals surface area (Å²) in [6.45, 7) is 9.08. The Morgan fingerprint density at radius 2 is 1.73 bits per heavy atom. The second-order valence-corrected chi connectivity index (χ2v) is 7.35. The van der Waals surface area contributed by atoms with Crippen molar-refractivity contribution in [2.45, 2.75) is 46.8 Å². The van der Waals surface area contributed by atoms with Crippen LogP contribution in [0.3, 0.4) is 0 Å². The first-order valence-corrected chi connectivity index (χ1v) is 9.66. The van der Waals surface area contributed by atoms with Crippen LogP contribution in [0.5, 0.6) is 11.8 Å².